The van der Waals surface area contributed by atoms with Crippen molar-refractivity contribution in [3.05, 3.63) is 47.3 Å². The molecular formula is C14H15FO. The first-order valence-corrected chi connectivity index (χ1v) is 5.42. The Morgan fingerprint density at radius 1 is 1.31 bits per heavy atom. The smallest absolute Gasteiger partial charge is 0.130 e. The molecule has 1 nitrogen and oxygen atoms in total. The Labute approximate surface area is 95.2 Å². The Hall–Kier alpha value is -1.57. The van der Waals surface area contributed by atoms with Crippen molar-refractivity contribution in [2.75, 3.05) is 7.11 Å². The first kappa shape index (κ1) is 10.9. The van der Waals surface area contributed by atoms with Gasteiger partial charge in [-0.1, -0.05) is 17.7 Å². The van der Waals surface area contributed by atoms with E-state index in [0.29, 0.717) is 11.3 Å². The van der Waals surface area contributed by atoms with Crippen LogP contribution in [0.25, 0.3) is 5.57 Å². The highest BCUT2D eigenvalue weighted by Crippen LogP contribution is 2.30. The van der Waals surface area contributed by atoms with E-state index in [2.05, 4.69) is 6.08 Å². The number of allylic oxidation sites excluding steroid dienone is 4. The lowest BCUT2D eigenvalue weighted by molar-refractivity contribution is 0.413. The van der Waals surface area contributed by atoms with Crippen LogP contribution in [0.2, 0.25) is 0 Å². The van der Waals surface area contributed by atoms with Crippen LogP contribution >= 0.6 is 0 Å². The van der Waals surface area contributed by atoms with Crippen molar-refractivity contribution < 1.29 is 9.13 Å². The number of hydrogen-bond donors (Lipinski definition) is 0. The average Bonchev–Trinajstić information content (AvgIpc) is 2.30. The minimum Gasteiger partial charge on any atom is -0.497 e. The van der Waals surface area contributed by atoms with Crippen LogP contribution in [0, 0.1) is 5.82 Å². The van der Waals surface area contributed by atoms with Gasteiger partial charge in [-0.3, -0.25) is 0 Å². The molecule has 16 heavy (non-hydrogen) atoms. The molecule has 1 aliphatic rings. The molecule has 0 spiro atoms. The fourth-order valence-corrected chi connectivity index (χ4v) is 1.95. The summed E-state index contributed by atoms with van der Waals surface area (Å²) in [5.41, 5.74) is 2.91. The van der Waals surface area contributed by atoms with E-state index < -0.39 is 0 Å². The number of benzene rings is 1. The molecule has 0 saturated heterocycles. The summed E-state index contributed by atoms with van der Waals surface area (Å²) in [5.74, 6) is 0.520. The topological polar surface area (TPSA) is 9.23 Å². The van der Waals surface area contributed by atoms with E-state index in [9.17, 15) is 4.39 Å². The largest absolute Gasteiger partial charge is 0.497 e. The summed E-state index contributed by atoms with van der Waals surface area (Å²) in [6, 6.07) is 4.87. The molecule has 1 aromatic rings. The number of rotatable bonds is 2. The fraction of sp³-hybridized carbons (Fsp3) is 0.286. The first-order chi connectivity index (χ1) is 7.70. The second kappa shape index (κ2) is 4.52. The van der Waals surface area contributed by atoms with Gasteiger partial charge >= 0.3 is 0 Å². The highest BCUT2D eigenvalue weighted by molar-refractivity contribution is 5.70. The van der Waals surface area contributed by atoms with Gasteiger partial charge in [-0.05, 0) is 43.5 Å². The van der Waals surface area contributed by atoms with Gasteiger partial charge in [-0.15, -0.1) is 0 Å². The van der Waals surface area contributed by atoms with Crippen LogP contribution < -0.4 is 4.74 Å². The highest BCUT2D eigenvalue weighted by atomic mass is 19.1. The van der Waals surface area contributed by atoms with Crippen molar-refractivity contribution in [1.82, 2.24) is 0 Å². The maximum absolute atomic E-state index is 13.7. The van der Waals surface area contributed by atoms with Crippen LogP contribution in [0.4, 0.5) is 4.39 Å². The zero-order valence-corrected chi connectivity index (χ0v) is 9.59. The minimum absolute atomic E-state index is 0.179. The summed E-state index contributed by atoms with van der Waals surface area (Å²) < 4.78 is 18.8. The number of methoxy groups -OCH3 is 1. The molecule has 0 bridgehead atoms. The Balaban J connectivity index is 2.43. The van der Waals surface area contributed by atoms with Gasteiger partial charge in [0, 0.05) is 5.56 Å². The molecule has 0 amide bonds. The molecule has 2 rings (SSSR count). The molecular weight excluding hydrogens is 203 g/mol. The quantitative estimate of drug-likeness (QED) is 0.730. The van der Waals surface area contributed by atoms with Gasteiger partial charge in [0.05, 0.1) is 7.11 Å². The fourth-order valence-electron chi connectivity index (χ4n) is 1.95. The molecule has 0 saturated carbocycles. The molecule has 0 fully saturated rings. The Kier molecular flexibility index (Phi) is 3.09. The lowest BCUT2D eigenvalue weighted by Crippen LogP contribution is -1.95. The van der Waals surface area contributed by atoms with E-state index in [-0.39, 0.29) is 5.82 Å². The molecule has 0 aromatic heterocycles. The predicted octanol–water partition coefficient (Wildman–Crippen LogP) is 3.96. The van der Waals surface area contributed by atoms with Crippen LogP contribution in [0.5, 0.6) is 5.75 Å². The third kappa shape index (κ3) is 2.16. The Morgan fingerprint density at radius 2 is 2.12 bits per heavy atom. The van der Waals surface area contributed by atoms with Crippen LogP contribution in [0.3, 0.4) is 0 Å². The van der Waals surface area contributed by atoms with Gasteiger partial charge in [-0.2, -0.15) is 0 Å². The van der Waals surface area contributed by atoms with Gasteiger partial charge < -0.3 is 4.74 Å². The number of hydrogen-bond acceptors (Lipinski definition) is 1. The van der Waals surface area contributed by atoms with Crippen molar-refractivity contribution >= 4 is 5.57 Å². The normalized spacial score (nSPS) is 15.4. The molecule has 0 radical (unpaired) electrons. The molecule has 0 unspecified atom stereocenters. The average molecular weight is 218 g/mol. The zero-order valence-electron chi connectivity index (χ0n) is 9.59. The van der Waals surface area contributed by atoms with Gasteiger partial charge in [0.15, 0.2) is 0 Å². The van der Waals surface area contributed by atoms with E-state index in [0.717, 1.165) is 18.4 Å². The van der Waals surface area contributed by atoms with Gasteiger partial charge in [0.1, 0.15) is 11.6 Å². The van der Waals surface area contributed by atoms with Crippen LogP contribution in [-0.2, 0) is 0 Å². The second-order valence-corrected chi connectivity index (χ2v) is 4.00. The summed E-state index contributed by atoms with van der Waals surface area (Å²) in [7, 11) is 1.59. The summed E-state index contributed by atoms with van der Waals surface area (Å²) in [6.07, 6.45) is 6.08. The molecule has 0 atom stereocenters. The maximum Gasteiger partial charge on any atom is 0.130 e. The van der Waals surface area contributed by atoms with E-state index in [1.54, 1.807) is 19.2 Å². The number of halogens is 1. The van der Waals surface area contributed by atoms with Gasteiger partial charge in [0.2, 0.25) is 0 Å². The first-order valence-electron chi connectivity index (χ1n) is 5.42. The maximum atomic E-state index is 13.7. The predicted molar refractivity (Wildman–Crippen MR) is 63.9 cm³/mol. The lowest BCUT2D eigenvalue weighted by atomic mass is 9.94. The minimum atomic E-state index is -0.179. The van der Waals surface area contributed by atoms with Gasteiger partial charge in [0.25, 0.3) is 0 Å². The van der Waals surface area contributed by atoms with E-state index in [4.69, 9.17) is 4.74 Å². The van der Waals surface area contributed by atoms with E-state index in [1.807, 2.05) is 13.0 Å². The van der Waals surface area contributed by atoms with E-state index in [1.165, 1.54) is 11.6 Å². The summed E-state index contributed by atoms with van der Waals surface area (Å²) >= 11 is 0. The molecule has 84 valence electrons. The molecule has 1 aromatic carbocycles. The van der Waals surface area contributed by atoms with E-state index >= 15 is 0 Å². The Bertz CT molecular complexity index is 458. The molecule has 0 N–H and O–H groups in total. The van der Waals surface area contributed by atoms with Crippen molar-refractivity contribution in [1.29, 1.82) is 0 Å². The summed E-state index contributed by atoms with van der Waals surface area (Å²) in [6.45, 7) is 2.04. The molecule has 2 heteroatoms. The van der Waals surface area contributed by atoms with Gasteiger partial charge in [-0.25, -0.2) is 4.39 Å². The van der Waals surface area contributed by atoms with Crippen molar-refractivity contribution in [3.63, 3.8) is 0 Å². The third-order valence-electron chi connectivity index (χ3n) is 2.80. The highest BCUT2D eigenvalue weighted by Gasteiger charge is 2.11. The lowest BCUT2D eigenvalue weighted by Gasteiger charge is -2.13. The van der Waals surface area contributed by atoms with Crippen molar-refractivity contribution in [2.24, 2.45) is 0 Å². The Morgan fingerprint density at radius 3 is 2.81 bits per heavy atom. The van der Waals surface area contributed by atoms with Crippen LogP contribution in [-0.4, -0.2) is 7.11 Å². The third-order valence-corrected chi connectivity index (χ3v) is 2.80. The summed E-state index contributed by atoms with van der Waals surface area (Å²) in [5, 5.41) is 0. The second-order valence-electron chi connectivity index (χ2n) is 4.00. The van der Waals surface area contributed by atoms with Crippen LogP contribution in [0.1, 0.15) is 25.3 Å². The molecule has 1 aliphatic carbocycles. The van der Waals surface area contributed by atoms with Crippen molar-refractivity contribution in [3.8, 4) is 5.75 Å². The number of ether oxygens (including phenoxy) is 1. The van der Waals surface area contributed by atoms with Crippen molar-refractivity contribution in [2.45, 2.75) is 19.8 Å². The standard InChI is InChI=1S/C14H15FO/c1-10-4-3-5-11(8-10)13-9-12(16-2)6-7-14(13)15/h4,6-9H,3,5H2,1-2H3. The molecule has 0 aliphatic heterocycles. The SMILES string of the molecule is COc1ccc(F)c(C2=CC(C)=CCC2)c1. The van der Waals surface area contributed by atoms with Crippen LogP contribution in [0.15, 0.2) is 35.9 Å². The molecule has 0 heterocycles. The zero-order chi connectivity index (χ0) is 11.5. The summed E-state index contributed by atoms with van der Waals surface area (Å²) in [4.78, 5) is 0. The monoisotopic (exact) mass is 218 g/mol.